The molecule has 0 atom stereocenters. The Balaban J connectivity index is 2.74. The Morgan fingerprint density at radius 1 is 1.40 bits per heavy atom. The topological polar surface area (TPSA) is 38.7 Å². The number of methoxy groups -OCH3 is 1. The van der Waals surface area contributed by atoms with Crippen molar-refractivity contribution in [3.05, 3.63) is 23.8 Å². The van der Waals surface area contributed by atoms with Gasteiger partial charge in [-0.05, 0) is 17.7 Å². The van der Waals surface area contributed by atoms with Gasteiger partial charge in [0.05, 0.1) is 20.3 Å². The van der Waals surface area contributed by atoms with Crippen LogP contribution in [0.15, 0.2) is 18.2 Å². The van der Waals surface area contributed by atoms with Crippen LogP contribution in [0.5, 0.6) is 11.5 Å². The second kappa shape index (κ2) is 5.94. The van der Waals surface area contributed by atoms with Gasteiger partial charge in [0.15, 0.2) is 11.5 Å². The highest BCUT2D eigenvalue weighted by atomic mass is 16.5. The molecule has 80 valence electrons. The molecule has 0 aliphatic rings. The Bertz CT molecular complexity index is 352. The number of aliphatic hydroxyl groups is 1. The van der Waals surface area contributed by atoms with Gasteiger partial charge in [-0.15, -0.1) is 12.3 Å². The third-order valence-electron chi connectivity index (χ3n) is 1.91. The van der Waals surface area contributed by atoms with Gasteiger partial charge in [0.2, 0.25) is 0 Å². The maximum atomic E-state index is 8.94. The lowest BCUT2D eigenvalue weighted by Gasteiger charge is -2.10. The molecule has 0 saturated heterocycles. The number of hydrogen-bond donors (Lipinski definition) is 1. The van der Waals surface area contributed by atoms with Crippen LogP contribution in [0.4, 0.5) is 0 Å². The van der Waals surface area contributed by atoms with Gasteiger partial charge in [-0.2, -0.15) is 0 Å². The van der Waals surface area contributed by atoms with Gasteiger partial charge in [0.1, 0.15) is 0 Å². The van der Waals surface area contributed by atoms with Crippen molar-refractivity contribution < 1.29 is 14.6 Å². The van der Waals surface area contributed by atoms with Crippen molar-refractivity contribution in [1.29, 1.82) is 0 Å². The fourth-order valence-corrected chi connectivity index (χ4v) is 1.15. The van der Waals surface area contributed by atoms with E-state index in [1.165, 1.54) is 0 Å². The first-order valence-corrected chi connectivity index (χ1v) is 4.66. The third-order valence-corrected chi connectivity index (χ3v) is 1.91. The summed E-state index contributed by atoms with van der Waals surface area (Å²) in [6.45, 7) is 0.451. The van der Waals surface area contributed by atoms with Crippen molar-refractivity contribution in [3.63, 3.8) is 0 Å². The van der Waals surface area contributed by atoms with Gasteiger partial charge in [0, 0.05) is 6.42 Å². The quantitative estimate of drug-likeness (QED) is 0.587. The van der Waals surface area contributed by atoms with E-state index in [-0.39, 0.29) is 6.61 Å². The van der Waals surface area contributed by atoms with Gasteiger partial charge in [0.25, 0.3) is 0 Å². The summed E-state index contributed by atoms with van der Waals surface area (Å²) in [7, 11) is 1.56. The molecule has 0 bridgehead atoms. The van der Waals surface area contributed by atoms with Crippen LogP contribution >= 0.6 is 0 Å². The molecule has 1 aromatic carbocycles. The van der Waals surface area contributed by atoms with Gasteiger partial charge < -0.3 is 14.6 Å². The molecule has 1 N–H and O–H groups in total. The normalized spacial score (nSPS) is 9.40. The number of aliphatic hydroxyl groups excluding tert-OH is 1. The van der Waals surface area contributed by atoms with E-state index in [4.69, 9.17) is 21.0 Å². The lowest BCUT2D eigenvalue weighted by atomic mass is 10.2. The minimum absolute atomic E-state index is 0.0129. The van der Waals surface area contributed by atoms with E-state index in [1.807, 2.05) is 0 Å². The first kappa shape index (κ1) is 11.4. The van der Waals surface area contributed by atoms with E-state index >= 15 is 0 Å². The van der Waals surface area contributed by atoms with Crippen molar-refractivity contribution in [3.8, 4) is 23.8 Å². The molecule has 0 unspecified atom stereocenters. The first-order valence-electron chi connectivity index (χ1n) is 4.66. The van der Waals surface area contributed by atoms with Crippen LogP contribution in [0, 0.1) is 12.3 Å². The van der Waals surface area contributed by atoms with Crippen LogP contribution < -0.4 is 9.47 Å². The van der Waals surface area contributed by atoms with Gasteiger partial charge in [-0.1, -0.05) is 6.07 Å². The molecular formula is C12H14O3. The molecule has 0 amide bonds. The zero-order chi connectivity index (χ0) is 11.1. The SMILES string of the molecule is C#CCCOc1ccc(CO)cc1OC. The summed E-state index contributed by atoms with van der Waals surface area (Å²) in [6.07, 6.45) is 5.67. The van der Waals surface area contributed by atoms with Crippen LogP contribution in [0.1, 0.15) is 12.0 Å². The lowest BCUT2D eigenvalue weighted by molar-refractivity contribution is 0.278. The Morgan fingerprint density at radius 3 is 2.80 bits per heavy atom. The number of rotatable bonds is 5. The molecule has 0 aliphatic carbocycles. The van der Waals surface area contributed by atoms with Crippen LogP contribution in [0.2, 0.25) is 0 Å². The number of hydrogen-bond acceptors (Lipinski definition) is 3. The Morgan fingerprint density at radius 2 is 2.20 bits per heavy atom. The van der Waals surface area contributed by atoms with Crippen molar-refractivity contribution >= 4 is 0 Å². The van der Waals surface area contributed by atoms with E-state index in [0.717, 1.165) is 5.56 Å². The third kappa shape index (κ3) is 3.19. The summed E-state index contributed by atoms with van der Waals surface area (Å²) in [4.78, 5) is 0. The molecule has 0 saturated carbocycles. The van der Waals surface area contributed by atoms with Gasteiger partial charge in [-0.3, -0.25) is 0 Å². The predicted molar refractivity (Wildman–Crippen MR) is 57.9 cm³/mol. The molecule has 3 heteroatoms. The molecule has 0 aromatic heterocycles. The summed E-state index contributed by atoms with van der Waals surface area (Å²) in [6, 6.07) is 5.29. The number of ether oxygens (including phenoxy) is 2. The van der Waals surface area contributed by atoms with Crippen molar-refractivity contribution in [1.82, 2.24) is 0 Å². The molecule has 0 heterocycles. The van der Waals surface area contributed by atoms with Crippen molar-refractivity contribution in [2.24, 2.45) is 0 Å². The highest BCUT2D eigenvalue weighted by Gasteiger charge is 2.04. The molecule has 0 spiro atoms. The molecule has 1 rings (SSSR count). The second-order valence-electron chi connectivity index (χ2n) is 2.95. The Hall–Kier alpha value is -1.66. The maximum absolute atomic E-state index is 8.94. The summed E-state index contributed by atoms with van der Waals surface area (Å²) in [5.41, 5.74) is 0.788. The molecule has 15 heavy (non-hydrogen) atoms. The average molecular weight is 206 g/mol. The summed E-state index contributed by atoms with van der Waals surface area (Å²) in [5, 5.41) is 8.94. The highest BCUT2D eigenvalue weighted by molar-refractivity contribution is 5.42. The van der Waals surface area contributed by atoms with Crippen LogP contribution in [-0.2, 0) is 6.61 Å². The largest absolute Gasteiger partial charge is 0.493 e. The minimum Gasteiger partial charge on any atom is -0.493 e. The van der Waals surface area contributed by atoms with Crippen molar-refractivity contribution in [2.75, 3.05) is 13.7 Å². The molecule has 1 aromatic rings. The zero-order valence-electron chi connectivity index (χ0n) is 8.69. The molecule has 3 nitrogen and oxygen atoms in total. The van der Waals surface area contributed by atoms with Gasteiger partial charge >= 0.3 is 0 Å². The van der Waals surface area contributed by atoms with Crippen LogP contribution in [0.25, 0.3) is 0 Å². The fraction of sp³-hybridized carbons (Fsp3) is 0.333. The smallest absolute Gasteiger partial charge is 0.161 e. The van der Waals surface area contributed by atoms with Crippen LogP contribution in [0.3, 0.4) is 0 Å². The summed E-state index contributed by atoms with van der Waals surface area (Å²) in [5.74, 6) is 3.75. The van der Waals surface area contributed by atoms with E-state index < -0.39 is 0 Å². The van der Waals surface area contributed by atoms with Crippen molar-refractivity contribution in [2.45, 2.75) is 13.0 Å². The van der Waals surface area contributed by atoms with E-state index in [9.17, 15) is 0 Å². The monoisotopic (exact) mass is 206 g/mol. The lowest BCUT2D eigenvalue weighted by Crippen LogP contribution is -1.99. The molecular weight excluding hydrogens is 192 g/mol. The summed E-state index contributed by atoms with van der Waals surface area (Å²) >= 11 is 0. The maximum Gasteiger partial charge on any atom is 0.161 e. The molecule has 0 aliphatic heterocycles. The van der Waals surface area contributed by atoms with Gasteiger partial charge in [-0.25, -0.2) is 0 Å². The minimum atomic E-state index is -0.0129. The van der Waals surface area contributed by atoms with E-state index in [2.05, 4.69) is 5.92 Å². The number of benzene rings is 1. The van der Waals surface area contributed by atoms with E-state index in [0.29, 0.717) is 24.5 Å². The zero-order valence-corrected chi connectivity index (χ0v) is 8.69. The average Bonchev–Trinajstić information content (AvgIpc) is 2.29. The summed E-state index contributed by atoms with van der Waals surface area (Å²) < 4.78 is 10.5. The Kier molecular flexibility index (Phi) is 4.52. The highest BCUT2D eigenvalue weighted by Crippen LogP contribution is 2.28. The van der Waals surface area contributed by atoms with Crippen LogP contribution in [-0.4, -0.2) is 18.8 Å². The Labute approximate surface area is 89.6 Å². The standard InChI is InChI=1S/C12H14O3/c1-3-4-7-15-11-6-5-10(9-13)8-12(11)14-2/h1,5-6,8,13H,4,7,9H2,2H3. The molecule has 0 radical (unpaired) electrons. The first-order chi connectivity index (χ1) is 7.31. The predicted octanol–water partition coefficient (Wildman–Crippen LogP) is 1.59. The fourth-order valence-electron chi connectivity index (χ4n) is 1.15. The number of terminal acetylenes is 1. The second-order valence-corrected chi connectivity index (χ2v) is 2.95. The molecule has 0 fully saturated rings. The van der Waals surface area contributed by atoms with E-state index in [1.54, 1.807) is 25.3 Å².